The van der Waals surface area contributed by atoms with E-state index < -0.39 is 173 Å². The van der Waals surface area contributed by atoms with Crippen molar-refractivity contribution in [3.8, 4) is 0 Å². The zero-order valence-corrected chi connectivity index (χ0v) is 32.2. The van der Waals surface area contributed by atoms with Crippen LogP contribution < -0.4 is 0 Å². The lowest BCUT2D eigenvalue weighted by atomic mass is 9.84. The molecule has 4 rings (SSSR count). The molecule has 0 aromatic rings. The first-order valence-corrected chi connectivity index (χ1v) is 18.8. The third-order valence-corrected chi connectivity index (χ3v) is 10.9. The van der Waals surface area contributed by atoms with E-state index in [1.807, 2.05) is 0 Å². The highest BCUT2D eigenvalue weighted by Crippen LogP contribution is 2.39. The van der Waals surface area contributed by atoms with Crippen LogP contribution in [0, 0.1) is 11.8 Å². The van der Waals surface area contributed by atoms with Gasteiger partial charge >= 0.3 is 5.97 Å². The number of carboxylic acids is 1. The summed E-state index contributed by atoms with van der Waals surface area (Å²) >= 11 is 0. The van der Waals surface area contributed by atoms with Gasteiger partial charge in [0.15, 0.2) is 12.6 Å². The normalized spacial score (nSPS) is 44.5. The quantitative estimate of drug-likeness (QED) is 0.0478. The summed E-state index contributed by atoms with van der Waals surface area (Å²) in [5.41, 5.74) is 0.442. The number of carbonyl (C=O) groups is 1. The summed E-state index contributed by atoms with van der Waals surface area (Å²) in [6, 6.07) is 0. The minimum absolute atomic E-state index is 0.352. The Labute approximate surface area is 332 Å². The number of aliphatic carboxylic acids is 1. The van der Waals surface area contributed by atoms with Crippen LogP contribution in [0.25, 0.3) is 0 Å². The summed E-state index contributed by atoms with van der Waals surface area (Å²) in [5, 5.41) is 151. The van der Waals surface area contributed by atoms with E-state index >= 15 is 0 Å². The van der Waals surface area contributed by atoms with Crippen molar-refractivity contribution >= 4 is 11.7 Å². The van der Waals surface area contributed by atoms with Gasteiger partial charge in [-0.1, -0.05) is 19.0 Å². The fourth-order valence-corrected chi connectivity index (χ4v) is 7.28. The van der Waals surface area contributed by atoms with Crippen LogP contribution in [-0.4, -0.2) is 232 Å². The van der Waals surface area contributed by atoms with Gasteiger partial charge < -0.3 is 109 Å². The molecule has 4 fully saturated rings. The van der Waals surface area contributed by atoms with Gasteiger partial charge in [-0.2, -0.15) is 0 Å². The van der Waals surface area contributed by atoms with E-state index in [2.05, 4.69) is 5.16 Å². The van der Waals surface area contributed by atoms with E-state index in [-0.39, 0.29) is 6.42 Å². The fraction of sp³-hybridized carbons (Fsp3) is 0.941. The van der Waals surface area contributed by atoms with Gasteiger partial charge in [0, 0.05) is 24.7 Å². The van der Waals surface area contributed by atoms with Crippen LogP contribution in [0.3, 0.4) is 0 Å². The van der Waals surface area contributed by atoms with Crippen LogP contribution in [0.1, 0.15) is 40.5 Å². The van der Waals surface area contributed by atoms with Gasteiger partial charge in [-0.15, -0.1) is 0 Å². The number of carboxylic acid groups (broad SMARTS) is 1. The molecule has 24 nitrogen and oxygen atoms in total. The SMILES string of the molecule is CC(C)=NO[C@@H]1OC(CO)[C@@H](O[C@@H]2OC(CO)[C@H](O)[C@H](O[C@@H]3CC(O)[C@@H](C)C([C@H](O)[C@@H](CO)O[C@]4(C(=O)O)CC(O)[C@@H](C)C([C@H](O)[C@H](O)CO)O4)O3)C2O)[C@H](O)C1O. The molecule has 338 valence electrons. The van der Waals surface area contributed by atoms with Crippen molar-refractivity contribution in [3.05, 3.63) is 0 Å². The highest BCUT2D eigenvalue weighted by Gasteiger charge is 2.57. The van der Waals surface area contributed by atoms with Crippen molar-refractivity contribution in [1.29, 1.82) is 0 Å². The number of ether oxygens (including phenoxy) is 7. The predicted octanol–water partition coefficient (Wildman–Crippen LogP) is -6.82. The third-order valence-electron chi connectivity index (χ3n) is 10.9. The molecule has 0 aromatic heterocycles. The van der Waals surface area contributed by atoms with Crippen molar-refractivity contribution in [1.82, 2.24) is 0 Å². The molecule has 4 aliphatic heterocycles. The Kier molecular flexibility index (Phi) is 17.5. The molecular weight excluding hydrogens is 790 g/mol. The number of aliphatic hydroxyl groups is 13. The summed E-state index contributed by atoms with van der Waals surface area (Å²) in [4.78, 5) is 17.7. The van der Waals surface area contributed by atoms with Gasteiger partial charge in [0.1, 0.15) is 73.2 Å². The molecule has 0 radical (unpaired) electrons. The molecule has 14 N–H and O–H groups in total. The molecular formula is C34H59NO23. The average Bonchev–Trinajstić information content (AvgIpc) is 3.19. The number of nitrogens with zero attached hydrogens (tertiary/aromatic N) is 1. The lowest BCUT2D eigenvalue weighted by Crippen LogP contribution is -2.66. The van der Waals surface area contributed by atoms with Crippen LogP contribution in [-0.2, 0) is 42.8 Å². The molecule has 0 saturated carbocycles. The standard InChI is InChI=1S/C34H59NO23/c1-11(2)35-58-32-25(47)24(46)29(19(10-39)52-32)55-31-26(48)30(22(44)17(8-37)51-31)54-20-5-14(40)12(3)27(53-20)23(45)18(9-38)56-34(33(49)50)6-15(41)13(4)28(57-34)21(43)16(42)7-36/h12-32,36-48H,5-10H2,1-4H3,(H,49,50)/t12-,13-,14?,15?,16-,17?,18-,19?,20-,21-,22+,23-,24-,25?,26?,27?,28?,29-,30+,31+,32+,34-/m1/s1. The van der Waals surface area contributed by atoms with E-state index in [0.29, 0.717) is 5.71 Å². The maximum atomic E-state index is 12.6. The highest BCUT2D eigenvalue weighted by molar-refractivity contribution is 5.78. The summed E-state index contributed by atoms with van der Waals surface area (Å²) in [5.74, 6) is -6.67. The Morgan fingerprint density at radius 1 is 0.741 bits per heavy atom. The molecule has 0 bridgehead atoms. The highest BCUT2D eigenvalue weighted by atomic mass is 16.8. The molecule has 0 spiro atoms. The zero-order chi connectivity index (χ0) is 43.4. The molecule has 0 aromatic carbocycles. The molecule has 0 aliphatic carbocycles. The number of aliphatic hydroxyl groups excluding tert-OH is 13. The minimum Gasteiger partial charge on any atom is -0.477 e. The van der Waals surface area contributed by atoms with Crippen LogP contribution in [0.15, 0.2) is 5.16 Å². The maximum Gasteiger partial charge on any atom is 0.364 e. The lowest BCUT2D eigenvalue weighted by Gasteiger charge is -2.49. The van der Waals surface area contributed by atoms with Crippen LogP contribution >= 0.6 is 0 Å². The molecule has 4 aliphatic rings. The zero-order valence-electron chi connectivity index (χ0n) is 32.2. The second-order valence-corrected chi connectivity index (χ2v) is 15.3. The van der Waals surface area contributed by atoms with Gasteiger partial charge in [-0.05, 0) is 13.8 Å². The maximum absolute atomic E-state index is 12.6. The average molecular weight is 850 g/mol. The van der Waals surface area contributed by atoms with Crippen LogP contribution in [0.4, 0.5) is 0 Å². The largest absolute Gasteiger partial charge is 0.477 e. The Morgan fingerprint density at radius 2 is 1.36 bits per heavy atom. The number of rotatable bonds is 17. The molecule has 4 saturated heterocycles. The number of hydrogen-bond donors (Lipinski definition) is 14. The van der Waals surface area contributed by atoms with Gasteiger partial charge in [0.2, 0.25) is 0 Å². The fourth-order valence-electron chi connectivity index (χ4n) is 7.28. The van der Waals surface area contributed by atoms with Gasteiger partial charge in [0.05, 0.1) is 56.6 Å². The Hall–Kier alpha value is -1.86. The molecule has 4 heterocycles. The molecule has 8 unspecified atom stereocenters. The minimum atomic E-state index is -2.84. The Morgan fingerprint density at radius 3 is 1.93 bits per heavy atom. The molecule has 22 atom stereocenters. The first-order valence-electron chi connectivity index (χ1n) is 18.8. The monoisotopic (exact) mass is 849 g/mol. The van der Waals surface area contributed by atoms with E-state index in [1.165, 1.54) is 13.8 Å². The van der Waals surface area contributed by atoms with Crippen molar-refractivity contribution in [2.24, 2.45) is 17.0 Å². The van der Waals surface area contributed by atoms with Crippen LogP contribution in [0.5, 0.6) is 0 Å². The van der Waals surface area contributed by atoms with Crippen molar-refractivity contribution in [3.63, 3.8) is 0 Å². The summed E-state index contributed by atoms with van der Waals surface area (Å²) in [6.07, 6.45) is -33.4. The van der Waals surface area contributed by atoms with Crippen molar-refractivity contribution in [2.75, 3.05) is 26.4 Å². The summed E-state index contributed by atoms with van der Waals surface area (Å²) in [6.45, 7) is 2.29. The van der Waals surface area contributed by atoms with Crippen molar-refractivity contribution < 1.29 is 114 Å². The van der Waals surface area contributed by atoms with Crippen molar-refractivity contribution in [2.45, 2.75) is 163 Å². The van der Waals surface area contributed by atoms with E-state index in [0.717, 1.165) is 0 Å². The second kappa shape index (κ2) is 20.8. The van der Waals surface area contributed by atoms with E-state index in [4.69, 9.17) is 38.0 Å². The summed E-state index contributed by atoms with van der Waals surface area (Å²) in [7, 11) is 0. The Balaban J connectivity index is 1.52. The van der Waals surface area contributed by atoms with Gasteiger partial charge in [-0.3, -0.25) is 0 Å². The third kappa shape index (κ3) is 10.6. The first kappa shape index (κ1) is 48.8. The Bertz CT molecular complexity index is 1330. The number of hydrogen-bond acceptors (Lipinski definition) is 23. The van der Waals surface area contributed by atoms with E-state index in [9.17, 15) is 76.3 Å². The smallest absolute Gasteiger partial charge is 0.364 e. The topological polar surface area (TPSA) is 386 Å². The first-order chi connectivity index (χ1) is 27.2. The van der Waals surface area contributed by atoms with Gasteiger partial charge in [0.25, 0.3) is 12.1 Å². The molecule has 58 heavy (non-hydrogen) atoms. The molecule has 24 heteroatoms. The summed E-state index contributed by atoms with van der Waals surface area (Å²) < 4.78 is 39.8. The predicted molar refractivity (Wildman–Crippen MR) is 186 cm³/mol. The van der Waals surface area contributed by atoms with E-state index in [1.54, 1.807) is 13.8 Å². The second-order valence-electron chi connectivity index (χ2n) is 15.3. The number of oxime groups is 1. The van der Waals surface area contributed by atoms with Gasteiger partial charge in [-0.25, -0.2) is 4.79 Å². The van der Waals surface area contributed by atoms with Crippen LogP contribution in [0.2, 0.25) is 0 Å². The lowest BCUT2D eigenvalue weighted by molar-refractivity contribution is -0.375. The molecule has 0 amide bonds.